The quantitative estimate of drug-likeness (QED) is 0.865. The number of benzene rings is 1. The molecule has 0 aliphatic carbocycles. The van der Waals surface area contributed by atoms with Crippen molar-refractivity contribution in [3.8, 4) is 5.88 Å². The zero-order chi connectivity index (χ0) is 15.9. The Balaban J connectivity index is 2.12. The van der Waals surface area contributed by atoms with E-state index in [1.54, 1.807) is 17.0 Å². The first-order valence-corrected chi connectivity index (χ1v) is 6.97. The van der Waals surface area contributed by atoms with Gasteiger partial charge in [0.25, 0.3) is 5.92 Å². The molecule has 22 heavy (non-hydrogen) atoms. The maximum absolute atomic E-state index is 14.5. The van der Waals surface area contributed by atoms with Gasteiger partial charge in [-0.25, -0.2) is 18.2 Å². The van der Waals surface area contributed by atoms with Crippen molar-refractivity contribution < 1.29 is 17.9 Å². The third kappa shape index (κ3) is 2.51. The number of hydrogen-bond acceptors (Lipinski definition) is 4. The number of anilines is 2. The van der Waals surface area contributed by atoms with Gasteiger partial charge in [-0.05, 0) is 12.1 Å². The maximum Gasteiger partial charge on any atom is 0.251 e. The van der Waals surface area contributed by atoms with Crippen molar-refractivity contribution in [1.29, 1.82) is 0 Å². The highest BCUT2D eigenvalue weighted by atomic mass is 19.3. The summed E-state index contributed by atoms with van der Waals surface area (Å²) in [6, 6.07) is 4.85. The Morgan fingerprint density at radius 3 is 2.59 bits per heavy atom. The predicted octanol–water partition coefficient (Wildman–Crippen LogP) is 3.20. The van der Waals surface area contributed by atoms with Crippen molar-refractivity contribution in [2.24, 2.45) is 0 Å². The number of ether oxygens (including phenoxy) is 1. The molecule has 0 amide bonds. The number of halogens is 3. The van der Waals surface area contributed by atoms with E-state index in [4.69, 9.17) is 10.5 Å². The van der Waals surface area contributed by atoms with E-state index in [0.29, 0.717) is 16.8 Å². The number of rotatable bonds is 2. The molecule has 118 valence electrons. The third-order valence-electron chi connectivity index (χ3n) is 3.92. The molecule has 2 N–H and O–H groups in total. The van der Waals surface area contributed by atoms with Crippen LogP contribution in [-0.2, 0) is 0 Å². The lowest BCUT2D eigenvalue weighted by molar-refractivity contribution is -0.0221. The van der Waals surface area contributed by atoms with Gasteiger partial charge in [0.1, 0.15) is 11.2 Å². The average Bonchev–Trinajstić information content (AvgIpc) is 2.49. The van der Waals surface area contributed by atoms with E-state index in [0.717, 1.165) is 0 Å². The summed E-state index contributed by atoms with van der Waals surface area (Å²) in [5.41, 5.74) is 6.23. The minimum absolute atomic E-state index is 0.0215. The van der Waals surface area contributed by atoms with Gasteiger partial charge in [-0.3, -0.25) is 0 Å². The zero-order valence-corrected chi connectivity index (χ0v) is 12.1. The van der Waals surface area contributed by atoms with E-state index in [-0.39, 0.29) is 37.3 Å². The highest BCUT2D eigenvalue weighted by Gasteiger charge is 2.35. The van der Waals surface area contributed by atoms with E-state index in [1.807, 2.05) is 0 Å². The van der Waals surface area contributed by atoms with E-state index < -0.39 is 11.7 Å². The first-order chi connectivity index (χ1) is 10.4. The first-order valence-electron chi connectivity index (χ1n) is 6.97. The van der Waals surface area contributed by atoms with Crippen molar-refractivity contribution in [3.05, 3.63) is 24.0 Å². The molecular formula is C15H16F3N3O. The van der Waals surface area contributed by atoms with Gasteiger partial charge in [0, 0.05) is 37.4 Å². The fraction of sp³-hybridized carbons (Fsp3) is 0.400. The van der Waals surface area contributed by atoms with Crippen LogP contribution in [0.2, 0.25) is 0 Å². The van der Waals surface area contributed by atoms with Crippen molar-refractivity contribution >= 4 is 22.3 Å². The Labute approximate surface area is 125 Å². The Hall–Kier alpha value is -2.18. The molecule has 0 atom stereocenters. The van der Waals surface area contributed by atoms with Crippen LogP contribution in [0.1, 0.15) is 12.8 Å². The summed E-state index contributed by atoms with van der Waals surface area (Å²) in [6.45, 7) is 0.114. The number of nitrogens with two attached hydrogens (primary N) is 1. The van der Waals surface area contributed by atoms with Gasteiger partial charge in [0.2, 0.25) is 5.88 Å². The molecular weight excluding hydrogens is 295 g/mol. The van der Waals surface area contributed by atoms with E-state index in [2.05, 4.69) is 4.98 Å². The van der Waals surface area contributed by atoms with Gasteiger partial charge < -0.3 is 15.4 Å². The van der Waals surface area contributed by atoms with Crippen LogP contribution in [0.5, 0.6) is 5.88 Å². The lowest BCUT2D eigenvalue weighted by Gasteiger charge is -2.34. The number of nitrogens with zero attached hydrogens (tertiary/aromatic N) is 2. The van der Waals surface area contributed by atoms with E-state index in [1.165, 1.54) is 13.2 Å². The summed E-state index contributed by atoms with van der Waals surface area (Å²) >= 11 is 0. The van der Waals surface area contributed by atoms with Gasteiger partial charge in [0.15, 0.2) is 5.82 Å². The van der Waals surface area contributed by atoms with Crippen LogP contribution in [0, 0.1) is 5.82 Å². The Kier molecular flexibility index (Phi) is 3.50. The molecule has 1 aliphatic heterocycles. The summed E-state index contributed by atoms with van der Waals surface area (Å²) in [5.74, 6) is -2.99. The van der Waals surface area contributed by atoms with Gasteiger partial charge in [-0.2, -0.15) is 0 Å². The van der Waals surface area contributed by atoms with Gasteiger partial charge in [-0.15, -0.1) is 0 Å². The average molecular weight is 311 g/mol. The molecule has 0 bridgehead atoms. The molecule has 0 saturated carbocycles. The Morgan fingerprint density at radius 2 is 1.95 bits per heavy atom. The third-order valence-corrected chi connectivity index (χ3v) is 3.92. The molecule has 1 aliphatic rings. The highest BCUT2D eigenvalue weighted by Crippen LogP contribution is 2.37. The number of pyridine rings is 1. The Bertz CT molecular complexity index is 711. The minimum Gasteiger partial charge on any atom is -0.481 e. The van der Waals surface area contributed by atoms with Gasteiger partial charge >= 0.3 is 0 Å². The molecule has 4 nitrogen and oxygen atoms in total. The molecule has 2 heterocycles. The summed E-state index contributed by atoms with van der Waals surface area (Å²) in [6.07, 6.45) is -0.626. The molecule has 1 fully saturated rings. The molecule has 3 rings (SSSR count). The number of hydrogen-bond donors (Lipinski definition) is 1. The topological polar surface area (TPSA) is 51.4 Å². The summed E-state index contributed by atoms with van der Waals surface area (Å²) in [5, 5.41) is 0.645. The molecule has 0 spiro atoms. The molecule has 0 radical (unpaired) electrons. The lowest BCUT2D eigenvalue weighted by atomic mass is 10.0. The minimum atomic E-state index is -2.70. The monoisotopic (exact) mass is 311 g/mol. The van der Waals surface area contributed by atoms with Crippen LogP contribution in [-0.4, -0.2) is 31.1 Å². The van der Waals surface area contributed by atoms with Gasteiger partial charge in [-0.1, -0.05) is 0 Å². The highest BCUT2D eigenvalue weighted by molar-refractivity contribution is 5.94. The number of fused-ring (bicyclic) bond motifs is 1. The second-order valence-corrected chi connectivity index (χ2v) is 5.40. The van der Waals surface area contributed by atoms with Crippen LogP contribution < -0.4 is 15.4 Å². The molecule has 1 aromatic carbocycles. The largest absolute Gasteiger partial charge is 0.481 e. The van der Waals surface area contributed by atoms with Crippen molar-refractivity contribution in [1.82, 2.24) is 4.98 Å². The van der Waals surface area contributed by atoms with Crippen molar-refractivity contribution in [2.45, 2.75) is 18.8 Å². The fourth-order valence-corrected chi connectivity index (χ4v) is 2.69. The van der Waals surface area contributed by atoms with Crippen LogP contribution in [0.25, 0.3) is 10.9 Å². The number of alkyl halides is 2. The summed E-state index contributed by atoms with van der Waals surface area (Å²) < 4.78 is 46.2. The van der Waals surface area contributed by atoms with Crippen molar-refractivity contribution in [3.63, 3.8) is 0 Å². The predicted molar refractivity (Wildman–Crippen MR) is 79.1 cm³/mol. The van der Waals surface area contributed by atoms with E-state index in [9.17, 15) is 13.2 Å². The first kappa shape index (κ1) is 14.7. The van der Waals surface area contributed by atoms with Crippen LogP contribution in [0.15, 0.2) is 18.2 Å². The number of nitrogen functional groups attached to an aromatic ring is 1. The zero-order valence-electron chi connectivity index (χ0n) is 12.1. The summed E-state index contributed by atoms with van der Waals surface area (Å²) in [7, 11) is 1.46. The molecule has 1 aromatic heterocycles. The molecule has 2 aromatic rings. The second-order valence-electron chi connectivity index (χ2n) is 5.40. The Morgan fingerprint density at radius 1 is 1.27 bits per heavy atom. The number of aromatic nitrogens is 1. The SMILES string of the molecule is COc1ccc2cc(N)c(F)c(N3CCC(F)(F)CC3)c2n1. The maximum atomic E-state index is 14.5. The van der Waals surface area contributed by atoms with Crippen LogP contribution in [0.4, 0.5) is 24.5 Å². The smallest absolute Gasteiger partial charge is 0.251 e. The molecule has 7 heteroatoms. The van der Waals surface area contributed by atoms with Crippen LogP contribution >= 0.6 is 0 Å². The van der Waals surface area contributed by atoms with Gasteiger partial charge in [0.05, 0.1) is 12.8 Å². The molecule has 1 saturated heterocycles. The van der Waals surface area contributed by atoms with E-state index >= 15 is 0 Å². The fourth-order valence-electron chi connectivity index (χ4n) is 2.69. The second kappa shape index (κ2) is 5.23. The normalized spacial score (nSPS) is 17.7. The number of methoxy groups -OCH3 is 1. The summed E-state index contributed by atoms with van der Waals surface area (Å²) in [4.78, 5) is 5.84. The number of piperidine rings is 1. The molecule has 0 unspecified atom stereocenters. The lowest BCUT2D eigenvalue weighted by Crippen LogP contribution is -2.40. The van der Waals surface area contributed by atoms with Crippen LogP contribution in [0.3, 0.4) is 0 Å². The standard InChI is InChI=1S/C15H16F3N3O/c1-22-11-3-2-9-8-10(19)12(16)14(13(9)20-11)21-6-4-15(17,18)5-7-21/h2-3,8H,4-7,19H2,1H3. The van der Waals surface area contributed by atoms with Crippen molar-refractivity contribution in [2.75, 3.05) is 30.8 Å².